The minimum absolute atomic E-state index is 0.826. The first-order valence-electron chi connectivity index (χ1n) is 13.0. The Morgan fingerprint density at radius 3 is 1.32 bits per heavy atom. The van der Waals surface area contributed by atoms with Crippen LogP contribution in [0.3, 0.4) is 0 Å². The Bertz CT molecular complexity index is 1500. The van der Waals surface area contributed by atoms with Crippen LogP contribution in [0, 0.1) is 27.7 Å². The van der Waals surface area contributed by atoms with Gasteiger partial charge in [-0.25, -0.2) is 0 Å². The normalized spacial score (nSPS) is 10.0. The van der Waals surface area contributed by atoms with Gasteiger partial charge in [-0.15, -0.1) is 56.9 Å². The van der Waals surface area contributed by atoms with Gasteiger partial charge in [-0.3, -0.25) is 9.97 Å². The van der Waals surface area contributed by atoms with Crippen molar-refractivity contribution in [1.82, 2.24) is 9.97 Å². The van der Waals surface area contributed by atoms with Gasteiger partial charge in [0.15, 0.2) is 0 Å². The molecule has 6 rings (SSSR count). The molecule has 2 nitrogen and oxygen atoms in total. The minimum atomic E-state index is -0.826. The fraction of sp³-hybridized carbons (Fsp3) is 0.176. The summed E-state index contributed by atoms with van der Waals surface area (Å²) in [6.45, 7) is 12.8. The number of aryl methyl sites for hydroxylation is 4. The van der Waals surface area contributed by atoms with Crippen molar-refractivity contribution in [3.63, 3.8) is 0 Å². The number of aromatic nitrogens is 2. The van der Waals surface area contributed by atoms with E-state index in [1.807, 2.05) is 36.7 Å². The Morgan fingerprint density at radius 2 is 1.00 bits per heavy atom. The van der Waals surface area contributed by atoms with Crippen LogP contribution in [-0.2, 0) is 20.8 Å². The van der Waals surface area contributed by atoms with Gasteiger partial charge in [0, 0.05) is 21.9 Å². The van der Waals surface area contributed by atoms with E-state index in [1.165, 1.54) is 54.9 Å². The first kappa shape index (κ1) is 32.2. The zero-order valence-corrected chi connectivity index (χ0v) is 28.9. The van der Waals surface area contributed by atoms with Crippen LogP contribution in [-0.4, -0.2) is 19.5 Å². The summed E-state index contributed by atoms with van der Waals surface area (Å²) >= 11 is -0.826. The van der Waals surface area contributed by atoms with E-state index >= 15 is 0 Å². The second-order valence-corrected chi connectivity index (χ2v) is 14.4. The molecule has 2 aromatic heterocycles. The molecule has 4 aromatic carbocycles. The van der Waals surface area contributed by atoms with Gasteiger partial charge in [0.05, 0.1) is 11.4 Å². The maximum absolute atomic E-state index is 4.93. The van der Waals surface area contributed by atoms with Crippen molar-refractivity contribution in [2.24, 2.45) is 0 Å². The topological polar surface area (TPSA) is 25.8 Å². The van der Waals surface area contributed by atoms with Gasteiger partial charge in [-0.1, -0.05) is 62.3 Å². The summed E-state index contributed by atoms with van der Waals surface area (Å²) in [6.07, 6.45) is 3.69. The molecule has 0 fully saturated rings. The van der Waals surface area contributed by atoms with Crippen LogP contribution in [0.25, 0.3) is 44.1 Å². The zero-order valence-electron chi connectivity index (χ0n) is 23.9. The summed E-state index contributed by atoms with van der Waals surface area (Å²) in [4.78, 5) is 8.90. The van der Waals surface area contributed by atoms with Crippen LogP contribution in [0.5, 0.6) is 0 Å². The van der Waals surface area contributed by atoms with Crippen molar-refractivity contribution in [2.75, 3.05) is 0 Å². The predicted molar refractivity (Wildman–Crippen MR) is 174 cm³/mol. The van der Waals surface area contributed by atoms with Crippen LogP contribution in [0.4, 0.5) is 0 Å². The van der Waals surface area contributed by atoms with Gasteiger partial charge in [0.1, 0.15) is 0 Å². The molecule has 0 aliphatic rings. The van der Waals surface area contributed by atoms with E-state index in [0.717, 1.165) is 20.9 Å². The molecule has 6 aromatic rings. The number of halogens is 2. The number of pyridine rings is 2. The van der Waals surface area contributed by atoms with Crippen molar-refractivity contribution in [3.8, 4) is 22.5 Å². The van der Waals surface area contributed by atoms with Crippen LogP contribution in [0.15, 0.2) is 97.3 Å². The third-order valence-corrected chi connectivity index (χ3v) is 6.10. The number of rotatable bonds is 2. The summed E-state index contributed by atoms with van der Waals surface area (Å²) in [5.74, 6) is 0. The van der Waals surface area contributed by atoms with Crippen molar-refractivity contribution in [3.05, 3.63) is 120 Å². The molecular formula is C34H34Cl2N2SiZr. The van der Waals surface area contributed by atoms with Gasteiger partial charge >= 0.3 is 37.9 Å². The van der Waals surface area contributed by atoms with Gasteiger partial charge in [0.2, 0.25) is 0 Å². The predicted octanol–water partition coefficient (Wildman–Crippen LogP) is 10.6. The Balaban J connectivity index is 0.000000185. The van der Waals surface area contributed by atoms with E-state index in [-0.39, 0.29) is 0 Å². The first-order chi connectivity index (χ1) is 19.3. The molecule has 0 atom stereocenters. The molecular weight excluding hydrogens is 627 g/mol. The zero-order chi connectivity index (χ0) is 29.1. The Labute approximate surface area is 260 Å². The number of hydrogen-bond acceptors (Lipinski definition) is 2. The number of fused-ring (bicyclic) bond motifs is 2. The van der Waals surface area contributed by atoms with Crippen LogP contribution >= 0.6 is 17.0 Å². The van der Waals surface area contributed by atoms with Gasteiger partial charge < -0.3 is 0 Å². The molecule has 0 N–H and O–H groups in total. The van der Waals surface area contributed by atoms with Crippen LogP contribution in [0.2, 0.25) is 13.1 Å². The molecule has 202 valence electrons. The van der Waals surface area contributed by atoms with Gasteiger partial charge in [-0.2, -0.15) is 12.1 Å². The second-order valence-electron chi connectivity index (χ2n) is 9.70. The van der Waals surface area contributed by atoms with E-state index in [9.17, 15) is 0 Å². The van der Waals surface area contributed by atoms with Crippen molar-refractivity contribution < 1.29 is 20.8 Å². The van der Waals surface area contributed by atoms with E-state index in [0.29, 0.717) is 0 Å². The van der Waals surface area contributed by atoms with E-state index in [1.54, 1.807) is 0 Å². The molecule has 2 radical (unpaired) electrons. The Hall–Kier alpha value is -2.36. The molecule has 0 aliphatic carbocycles. The van der Waals surface area contributed by atoms with Crippen LogP contribution in [0.1, 0.15) is 22.3 Å². The average molecular weight is 661 g/mol. The van der Waals surface area contributed by atoms with E-state index < -0.39 is 20.8 Å². The summed E-state index contributed by atoms with van der Waals surface area (Å²) in [7, 11) is 11.0. The molecule has 6 heteroatoms. The molecule has 0 spiro atoms. The summed E-state index contributed by atoms with van der Waals surface area (Å²) < 4.78 is 0. The molecule has 0 amide bonds. The quantitative estimate of drug-likeness (QED) is 0.136. The van der Waals surface area contributed by atoms with E-state index in [2.05, 4.69) is 111 Å². The number of benzene rings is 2. The molecule has 40 heavy (non-hydrogen) atoms. The van der Waals surface area contributed by atoms with Crippen molar-refractivity contribution in [2.45, 2.75) is 40.8 Å². The molecule has 0 unspecified atom stereocenters. The fourth-order valence-corrected chi connectivity index (χ4v) is 4.71. The SMILES string of the molecule is C[Si]C.Cc1cc(-c2ccccn2)c2cc(C)[cH-]c2c1.Cc1cc(-c2ccccn2)c2cc(C)[cH-]c2c1.[Cl][Zr+2][Cl]. The monoisotopic (exact) mass is 658 g/mol. The molecule has 0 saturated heterocycles. The third-order valence-electron chi connectivity index (χ3n) is 6.10. The van der Waals surface area contributed by atoms with E-state index in [4.69, 9.17) is 17.0 Å². The number of hydrogen-bond donors (Lipinski definition) is 0. The molecule has 2 heterocycles. The van der Waals surface area contributed by atoms with Crippen LogP contribution < -0.4 is 0 Å². The van der Waals surface area contributed by atoms with Crippen molar-refractivity contribution in [1.29, 1.82) is 0 Å². The van der Waals surface area contributed by atoms with Crippen molar-refractivity contribution >= 4 is 48.1 Å². The Morgan fingerprint density at radius 1 is 0.625 bits per heavy atom. The summed E-state index contributed by atoms with van der Waals surface area (Å²) in [5.41, 5.74) is 9.74. The average Bonchev–Trinajstić information content (AvgIpc) is 3.50. The molecule has 0 saturated carbocycles. The first-order valence-corrected chi connectivity index (χ1v) is 21.4. The third kappa shape index (κ3) is 8.82. The number of nitrogens with zero attached hydrogens (tertiary/aromatic N) is 2. The summed E-state index contributed by atoms with van der Waals surface area (Å²) in [6, 6.07) is 29.9. The maximum atomic E-state index is 4.93. The summed E-state index contributed by atoms with van der Waals surface area (Å²) in [5, 5.41) is 5.21. The fourth-order valence-electron chi connectivity index (χ4n) is 4.71. The second kappa shape index (κ2) is 16.2. The molecule has 0 aliphatic heterocycles. The van der Waals surface area contributed by atoms with Gasteiger partial charge in [0.25, 0.3) is 0 Å². The Kier molecular flexibility index (Phi) is 13.0. The molecule has 0 bridgehead atoms. The van der Waals surface area contributed by atoms with Gasteiger partial charge in [-0.05, 0) is 49.2 Å². The standard InChI is InChI=1S/2C16H14N.C2H6Si.2ClH.Zr/c2*1-11-7-13-8-12(2)10-15(14(13)9-11)16-5-3-4-6-17-16;1-3-2;;;/h2*3-10H,1-2H3;1-2H3;2*1H;/q2*-1;;;;+4/p-2.